The highest BCUT2D eigenvalue weighted by Crippen LogP contribution is 2.20. The quantitative estimate of drug-likeness (QED) is 0.814. The molecule has 0 aromatic heterocycles. The van der Waals surface area contributed by atoms with Crippen LogP contribution in [-0.2, 0) is 9.53 Å². The SMILES string of the molecule is COCCNC(=O)COc1cc(F)cc(Br)c1. The third-order valence-corrected chi connectivity index (χ3v) is 2.29. The molecule has 94 valence electrons. The first-order chi connectivity index (χ1) is 8.11. The fourth-order valence-corrected chi connectivity index (χ4v) is 1.55. The molecule has 0 atom stereocenters. The molecule has 1 aromatic rings. The monoisotopic (exact) mass is 305 g/mol. The summed E-state index contributed by atoms with van der Waals surface area (Å²) in [6.07, 6.45) is 0. The minimum Gasteiger partial charge on any atom is -0.484 e. The Hall–Kier alpha value is -1.14. The zero-order chi connectivity index (χ0) is 12.7. The summed E-state index contributed by atoms with van der Waals surface area (Å²) in [5, 5.41) is 2.59. The second-order valence-electron chi connectivity index (χ2n) is 3.24. The van der Waals surface area contributed by atoms with E-state index >= 15 is 0 Å². The number of benzene rings is 1. The van der Waals surface area contributed by atoms with Crippen molar-refractivity contribution in [1.29, 1.82) is 0 Å². The van der Waals surface area contributed by atoms with Crippen molar-refractivity contribution in [2.75, 3.05) is 26.9 Å². The van der Waals surface area contributed by atoms with E-state index in [2.05, 4.69) is 21.2 Å². The number of carbonyl (C=O) groups excluding carboxylic acids is 1. The minimum absolute atomic E-state index is 0.153. The summed E-state index contributed by atoms with van der Waals surface area (Å²) in [6, 6.07) is 4.12. The number of halogens is 2. The van der Waals surface area contributed by atoms with Crippen LogP contribution in [0.25, 0.3) is 0 Å². The summed E-state index contributed by atoms with van der Waals surface area (Å²) in [6.45, 7) is 0.711. The Kier molecular flexibility index (Phi) is 5.93. The van der Waals surface area contributed by atoms with Crippen LogP contribution in [0.4, 0.5) is 4.39 Å². The van der Waals surface area contributed by atoms with E-state index < -0.39 is 5.82 Å². The molecule has 6 heteroatoms. The summed E-state index contributed by atoms with van der Waals surface area (Å²) in [5.41, 5.74) is 0. The highest BCUT2D eigenvalue weighted by atomic mass is 79.9. The lowest BCUT2D eigenvalue weighted by atomic mass is 10.3. The Morgan fingerprint density at radius 1 is 1.47 bits per heavy atom. The van der Waals surface area contributed by atoms with Gasteiger partial charge >= 0.3 is 0 Å². The lowest BCUT2D eigenvalue weighted by molar-refractivity contribution is -0.123. The van der Waals surface area contributed by atoms with Crippen molar-refractivity contribution >= 4 is 21.8 Å². The van der Waals surface area contributed by atoms with Crippen molar-refractivity contribution in [2.45, 2.75) is 0 Å². The van der Waals surface area contributed by atoms with Crippen molar-refractivity contribution in [2.24, 2.45) is 0 Å². The van der Waals surface area contributed by atoms with Crippen LogP contribution in [0, 0.1) is 5.82 Å². The van der Waals surface area contributed by atoms with Crippen LogP contribution in [-0.4, -0.2) is 32.8 Å². The molecule has 1 N–H and O–H groups in total. The largest absolute Gasteiger partial charge is 0.484 e. The molecule has 4 nitrogen and oxygen atoms in total. The maximum absolute atomic E-state index is 13.0. The number of amides is 1. The summed E-state index contributed by atoms with van der Waals surface area (Å²) in [4.78, 5) is 11.3. The first kappa shape index (κ1) is 13.9. The van der Waals surface area contributed by atoms with Gasteiger partial charge < -0.3 is 14.8 Å². The Balaban J connectivity index is 2.36. The number of hydrogen-bond donors (Lipinski definition) is 1. The minimum atomic E-state index is -0.422. The second kappa shape index (κ2) is 7.24. The average Bonchev–Trinajstić information content (AvgIpc) is 2.25. The summed E-state index contributed by atoms with van der Waals surface area (Å²) >= 11 is 3.13. The third-order valence-electron chi connectivity index (χ3n) is 1.83. The molecule has 0 aliphatic carbocycles. The van der Waals surface area contributed by atoms with Gasteiger partial charge in [-0.05, 0) is 12.1 Å². The van der Waals surface area contributed by atoms with Crippen LogP contribution >= 0.6 is 15.9 Å². The van der Waals surface area contributed by atoms with Crippen molar-refractivity contribution in [3.8, 4) is 5.75 Å². The van der Waals surface area contributed by atoms with Crippen LogP contribution in [0.5, 0.6) is 5.75 Å². The molecule has 0 aliphatic rings. The molecule has 1 aromatic carbocycles. The highest BCUT2D eigenvalue weighted by Gasteiger charge is 2.04. The molecular formula is C11H13BrFNO3. The number of carbonyl (C=O) groups is 1. The lowest BCUT2D eigenvalue weighted by Gasteiger charge is -2.07. The van der Waals surface area contributed by atoms with Gasteiger partial charge in [-0.25, -0.2) is 4.39 Å². The maximum atomic E-state index is 13.0. The van der Waals surface area contributed by atoms with E-state index in [1.54, 1.807) is 13.2 Å². The van der Waals surface area contributed by atoms with E-state index in [1.807, 2.05) is 0 Å². The van der Waals surface area contributed by atoms with Crippen LogP contribution in [0.15, 0.2) is 22.7 Å². The summed E-state index contributed by atoms with van der Waals surface area (Å²) in [5.74, 6) is -0.393. The van der Waals surface area contributed by atoms with Crippen molar-refractivity contribution in [3.05, 3.63) is 28.5 Å². The molecule has 0 fully saturated rings. The van der Waals surface area contributed by atoms with E-state index in [0.717, 1.165) is 0 Å². The molecule has 1 rings (SSSR count). The Morgan fingerprint density at radius 2 is 2.24 bits per heavy atom. The van der Waals surface area contributed by atoms with Crippen LogP contribution in [0.2, 0.25) is 0 Å². The first-order valence-electron chi connectivity index (χ1n) is 4.96. The Bertz CT molecular complexity index is 367. The molecule has 0 heterocycles. The van der Waals surface area contributed by atoms with Gasteiger partial charge in [-0.3, -0.25) is 4.79 Å². The third kappa shape index (κ3) is 5.65. The number of methoxy groups -OCH3 is 1. The van der Waals surface area contributed by atoms with Crippen LogP contribution < -0.4 is 10.1 Å². The van der Waals surface area contributed by atoms with E-state index in [-0.39, 0.29) is 12.5 Å². The summed E-state index contributed by atoms with van der Waals surface area (Å²) in [7, 11) is 1.55. The second-order valence-corrected chi connectivity index (χ2v) is 4.15. The van der Waals surface area contributed by atoms with Crippen molar-refractivity contribution in [3.63, 3.8) is 0 Å². The average molecular weight is 306 g/mol. The Labute approximate surface area is 107 Å². The fourth-order valence-electron chi connectivity index (χ4n) is 1.10. The molecule has 1 amide bonds. The smallest absolute Gasteiger partial charge is 0.258 e. The van der Waals surface area contributed by atoms with Gasteiger partial charge in [0.1, 0.15) is 11.6 Å². The van der Waals surface area contributed by atoms with Gasteiger partial charge in [-0.2, -0.15) is 0 Å². The summed E-state index contributed by atoms with van der Waals surface area (Å²) < 4.78 is 23.4. The number of nitrogens with one attached hydrogen (secondary N) is 1. The lowest BCUT2D eigenvalue weighted by Crippen LogP contribution is -2.31. The number of rotatable bonds is 6. The van der Waals surface area contributed by atoms with E-state index in [4.69, 9.17) is 9.47 Å². The van der Waals surface area contributed by atoms with Gasteiger partial charge in [-0.1, -0.05) is 15.9 Å². The maximum Gasteiger partial charge on any atom is 0.258 e. The van der Waals surface area contributed by atoms with E-state index in [9.17, 15) is 9.18 Å². The van der Waals surface area contributed by atoms with Crippen LogP contribution in [0.3, 0.4) is 0 Å². The van der Waals surface area contributed by atoms with E-state index in [1.165, 1.54) is 12.1 Å². The number of ether oxygens (including phenoxy) is 2. The standard InChI is InChI=1S/C11H13BrFNO3/c1-16-3-2-14-11(15)7-17-10-5-8(12)4-9(13)6-10/h4-6H,2-3,7H2,1H3,(H,14,15). The van der Waals surface area contributed by atoms with Gasteiger partial charge in [0.15, 0.2) is 6.61 Å². The zero-order valence-electron chi connectivity index (χ0n) is 9.33. The van der Waals surface area contributed by atoms with Gasteiger partial charge in [0.25, 0.3) is 5.91 Å². The van der Waals surface area contributed by atoms with E-state index in [0.29, 0.717) is 23.4 Å². The molecule has 0 saturated carbocycles. The topological polar surface area (TPSA) is 47.6 Å². The Morgan fingerprint density at radius 3 is 2.88 bits per heavy atom. The zero-order valence-corrected chi connectivity index (χ0v) is 10.9. The molecule has 0 bridgehead atoms. The fraction of sp³-hybridized carbons (Fsp3) is 0.364. The van der Waals surface area contributed by atoms with Gasteiger partial charge in [-0.15, -0.1) is 0 Å². The molecule has 0 aliphatic heterocycles. The molecule has 0 saturated heterocycles. The van der Waals surface area contributed by atoms with Gasteiger partial charge in [0, 0.05) is 24.2 Å². The molecule has 0 radical (unpaired) electrons. The molecule has 17 heavy (non-hydrogen) atoms. The highest BCUT2D eigenvalue weighted by molar-refractivity contribution is 9.10. The normalized spacial score (nSPS) is 10.1. The predicted octanol–water partition coefficient (Wildman–Crippen LogP) is 1.73. The van der Waals surface area contributed by atoms with Gasteiger partial charge in [0.05, 0.1) is 6.61 Å². The van der Waals surface area contributed by atoms with Crippen molar-refractivity contribution in [1.82, 2.24) is 5.32 Å². The molecule has 0 spiro atoms. The molecule has 0 unspecified atom stereocenters. The molecular weight excluding hydrogens is 293 g/mol. The first-order valence-corrected chi connectivity index (χ1v) is 5.75. The van der Waals surface area contributed by atoms with Crippen LogP contribution in [0.1, 0.15) is 0 Å². The van der Waals surface area contributed by atoms with Gasteiger partial charge in [0.2, 0.25) is 0 Å². The predicted molar refractivity (Wildman–Crippen MR) is 64.5 cm³/mol. The van der Waals surface area contributed by atoms with Crippen molar-refractivity contribution < 1.29 is 18.7 Å². The number of hydrogen-bond acceptors (Lipinski definition) is 3.